The normalized spacial score (nSPS) is 14.6. The fourth-order valence-corrected chi connectivity index (χ4v) is 1.85. The van der Waals surface area contributed by atoms with E-state index < -0.39 is 0 Å². The first-order chi connectivity index (χ1) is 8.20. The lowest BCUT2D eigenvalue weighted by atomic mass is 10.3. The van der Waals surface area contributed by atoms with Gasteiger partial charge in [-0.1, -0.05) is 6.92 Å². The van der Waals surface area contributed by atoms with E-state index in [4.69, 9.17) is 11.1 Å². The molecule has 0 bridgehead atoms. The molecule has 1 aromatic heterocycles. The van der Waals surface area contributed by atoms with E-state index in [0.29, 0.717) is 12.5 Å². The highest BCUT2D eigenvalue weighted by Crippen LogP contribution is 2.30. The van der Waals surface area contributed by atoms with Crippen molar-refractivity contribution in [3.63, 3.8) is 0 Å². The fraction of sp³-hybridized carbons (Fsp3) is 0.583. The summed E-state index contributed by atoms with van der Waals surface area (Å²) in [7, 11) is 0. The number of nitrogens with two attached hydrogens (primary N) is 1. The Labute approximate surface area is 102 Å². The summed E-state index contributed by atoms with van der Waals surface area (Å²) in [5, 5.41) is 7.31. The molecule has 5 nitrogen and oxygen atoms in total. The highest BCUT2D eigenvalue weighted by atomic mass is 15.2. The molecule has 17 heavy (non-hydrogen) atoms. The van der Waals surface area contributed by atoms with Gasteiger partial charge in [-0.25, -0.2) is 9.97 Å². The van der Waals surface area contributed by atoms with Gasteiger partial charge in [0.25, 0.3) is 0 Å². The zero-order valence-corrected chi connectivity index (χ0v) is 10.2. The van der Waals surface area contributed by atoms with Gasteiger partial charge in [-0.05, 0) is 19.3 Å². The van der Waals surface area contributed by atoms with Crippen molar-refractivity contribution in [3.05, 3.63) is 18.1 Å². The second-order valence-electron chi connectivity index (χ2n) is 4.42. The lowest BCUT2D eigenvalue weighted by Crippen LogP contribution is -2.30. The first-order valence-corrected chi connectivity index (χ1v) is 6.11. The molecular formula is C12H19N5. The van der Waals surface area contributed by atoms with Crippen molar-refractivity contribution >= 4 is 11.7 Å². The lowest BCUT2D eigenvalue weighted by Gasteiger charge is -2.23. The summed E-state index contributed by atoms with van der Waals surface area (Å²) in [4.78, 5) is 10.8. The number of nitrogens with zero attached hydrogens (tertiary/aromatic N) is 3. The number of rotatable bonds is 6. The molecule has 0 amide bonds. The average molecular weight is 233 g/mol. The lowest BCUT2D eigenvalue weighted by molar-refractivity contribution is 0.775. The van der Waals surface area contributed by atoms with Crippen molar-refractivity contribution in [2.75, 3.05) is 11.4 Å². The molecule has 0 aliphatic heterocycles. The average Bonchev–Trinajstić information content (AvgIpc) is 3.14. The standard InChI is InChI=1S/C12H19N5/c1-2-9-7-12(16-8-15-9)17(10-3-4-10)6-5-11(13)14/h7-8,10H,2-6H2,1H3,(H3,13,14). The van der Waals surface area contributed by atoms with Crippen LogP contribution in [-0.4, -0.2) is 28.4 Å². The predicted octanol–water partition coefficient (Wildman–Crippen LogP) is 1.33. The third-order valence-corrected chi connectivity index (χ3v) is 2.98. The van der Waals surface area contributed by atoms with Gasteiger partial charge >= 0.3 is 0 Å². The molecule has 1 fully saturated rings. The van der Waals surface area contributed by atoms with Crippen LogP contribution in [0.1, 0.15) is 31.9 Å². The summed E-state index contributed by atoms with van der Waals surface area (Å²) in [6, 6.07) is 2.62. The number of nitrogens with one attached hydrogen (secondary N) is 1. The number of aromatic nitrogens is 2. The van der Waals surface area contributed by atoms with Crippen LogP contribution < -0.4 is 10.6 Å². The maximum Gasteiger partial charge on any atom is 0.132 e. The van der Waals surface area contributed by atoms with Gasteiger partial charge < -0.3 is 10.6 Å². The first kappa shape index (κ1) is 11.8. The highest BCUT2D eigenvalue weighted by Gasteiger charge is 2.29. The van der Waals surface area contributed by atoms with Crippen LogP contribution >= 0.6 is 0 Å². The van der Waals surface area contributed by atoms with Crippen LogP contribution in [0.3, 0.4) is 0 Å². The molecule has 1 saturated carbocycles. The molecule has 3 N–H and O–H groups in total. The van der Waals surface area contributed by atoms with Crippen LogP contribution in [0.15, 0.2) is 12.4 Å². The Morgan fingerprint density at radius 1 is 1.53 bits per heavy atom. The van der Waals surface area contributed by atoms with E-state index in [9.17, 15) is 0 Å². The molecule has 0 aromatic carbocycles. The summed E-state index contributed by atoms with van der Waals surface area (Å²) < 4.78 is 0. The first-order valence-electron chi connectivity index (χ1n) is 6.11. The largest absolute Gasteiger partial charge is 0.388 e. The van der Waals surface area contributed by atoms with Crippen molar-refractivity contribution in [3.8, 4) is 0 Å². The number of hydrogen-bond acceptors (Lipinski definition) is 4. The van der Waals surface area contributed by atoms with Crippen molar-refractivity contribution in [2.45, 2.75) is 38.6 Å². The molecule has 0 atom stereocenters. The summed E-state index contributed by atoms with van der Waals surface area (Å²) in [6.45, 7) is 2.86. The van der Waals surface area contributed by atoms with E-state index in [1.54, 1.807) is 6.33 Å². The van der Waals surface area contributed by atoms with Gasteiger partial charge in [0.1, 0.15) is 12.1 Å². The number of amidine groups is 1. The summed E-state index contributed by atoms with van der Waals surface area (Å²) in [5.74, 6) is 1.21. The predicted molar refractivity (Wildman–Crippen MR) is 68.3 cm³/mol. The summed E-state index contributed by atoms with van der Waals surface area (Å²) in [6.07, 6.45) is 5.56. The van der Waals surface area contributed by atoms with Crippen LogP contribution in [0.5, 0.6) is 0 Å². The van der Waals surface area contributed by atoms with Gasteiger partial charge in [0.05, 0.1) is 5.84 Å². The molecule has 1 aliphatic rings. The zero-order valence-electron chi connectivity index (χ0n) is 10.2. The molecule has 1 aliphatic carbocycles. The Morgan fingerprint density at radius 3 is 2.88 bits per heavy atom. The van der Waals surface area contributed by atoms with Crippen LogP contribution in [0, 0.1) is 5.41 Å². The monoisotopic (exact) mass is 233 g/mol. The SMILES string of the molecule is CCc1cc(N(CCC(=N)N)C2CC2)ncn1. The van der Waals surface area contributed by atoms with E-state index in [2.05, 4.69) is 21.8 Å². The third kappa shape index (κ3) is 3.15. The van der Waals surface area contributed by atoms with E-state index in [1.807, 2.05) is 6.07 Å². The fourth-order valence-electron chi connectivity index (χ4n) is 1.85. The Balaban J connectivity index is 2.10. The van der Waals surface area contributed by atoms with Crippen LogP contribution in [0.4, 0.5) is 5.82 Å². The van der Waals surface area contributed by atoms with E-state index in [-0.39, 0.29) is 5.84 Å². The van der Waals surface area contributed by atoms with Crippen molar-refractivity contribution in [1.82, 2.24) is 9.97 Å². The minimum Gasteiger partial charge on any atom is -0.388 e. The molecule has 0 radical (unpaired) electrons. The smallest absolute Gasteiger partial charge is 0.132 e. The minimum atomic E-state index is 0.237. The minimum absolute atomic E-state index is 0.237. The third-order valence-electron chi connectivity index (χ3n) is 2.98. The number of hydrogen-bond donors (Lipinski definition) is 2. The van der Waals surface area contributed by atoms with Crippen LogP contribution in [0.2, 0.25) is 0 Å². The van der Waals surface area contributed by atoms with Crippen molar-refractivity contribution in [1.29, 1.82) is 5.41 Å². The molecule has 2 rings (SSSR count). The molecular weight excluding hydrogens is 214 g/mol. The molecule has 1 aromatic rings. The topological polar surface area (TPSA) is 78.9 Å². The van der Waals surface area contributed by atoms with Gasteiger partial charge in [-0.15, -0.1) is 0 Å². The molecule has 92 valence electrons. The van der Waals surface area contributed by atoms with Crippen molar-refractivity contribution < 1.29 is 0 Å². The maximum absolute atomic E-state index is 7.31. The molecule has 0 unspecified atom stereocenters. The molecule has 5 heteroatoms. The Morgan fingerprint density at radius 2 is 2.29 bits per heavy atom. The van der Waals surface area contributed by atoms with Gasteiger partial charge in [0, 0.05) is 30.8 Å². The Bertz CT molecular complexity index is 400. The van der Waals surface area contributed by atoms with Gasteiger partial charge in [0.15, 0.2) is 0 Å². The molecule has 0 saturated heterocycles. The summed E-state index contributed by atoms with van der Waals surface area (Å²) >= 11 is 0. The second kappa shape index (κ2) is 5.12. The van der Waals surface area contributed by atoms with Gasteiger partial charge in [-0.3, -0.25) is 5.41 Å². The highest BCUT2D eigenvalue weighted by molar-refractivity contribution is 5.77. The van der Waals surface area contributed by atoms with E-state index in [1.165, 1.54) is 12.8 Å². The zero-order chi connectivity index (χ0) is 12.3. The van der Waals surface area contributed by atoms with Crippen molar-refractivity contribution in [2.24, 2.45) is 5.73 Å². The number of aryl methyl sites for hydroxylation is 1. The second-order valence-corrected chi connectivity index (χ2v) is 4.42. The van der Waals surface area contributed by atoms with E-state index in [0.717, 1.165) is 24.5 Å². The maximum atomic E-state index is 7.31. The summed E-state index contributed by atoms with van der Waals surface area (Å²) in [5.41, 5.74) is 6.48. The van der Waals surface area contributed by atoms with Gasteiger partial charge in [-0.2, -0.15) is 0 Å². The quantitative estimate of drug-likeness (QED) is 0.574. The Hall–Kier alpha value is -1.65. The van der Waals surface area contributed by atoms with Gasteiger partial charge in [0.2, 0.25) is 0 Å². The van der Waals surface area contributed by atoms with Crippen LogP contribution in [-0.2, 0) is 6.42 Å². The molecule has 0 spiro atoms. The molecule has 1 heterocycles. The Kier molecular flexibility index (Phi) is 3.56. The number of anilines is 1. The van der Waals surface area contributed by atoms with E-state index >= 15 is 0 Å². The van der Waals surface area contributed by atoms with Crippen LogP contribution in [0.25, 0.3) is 0 Å².